The maximum Gasteiger partial charge on any atom is 0.0537 e. The van der Waals surface area contributed by atoms with Crippen molar-refractivity contribution in [3.8, 4) is 0 Å². The largest absolute Gasteiger partial charge is 0.309 e. The zero-order valence-electron chi connectivity index (χ0n) is 10.9. The second-order valence-electron chi connectivity index (χ2n) is 5.12. The second-order valence-corrected chi connectivity index (χ2v) is 5.12. The van der Waals surface area contributed by atoms with Gasteiger partial charge in [-0.1, -0.05) is 30.3 Å². The lowest BCUT2D eigenvalue weighted by atomic mass is 10.1. The molecule has 0 spiro atoms. The summed E-state index contributed by atoms with van der Waals surface area (Å²) in [5.41, 5.74) is 4.01. The van der Waals surface area contributed by atoms with E-state index in [-0.39, 0.29) is 0 Å². The molecule has 1 fully saturated rings. The molecule has 18 heavy (non-hydrogen) atoms. The number of hydrogen-bond donors (Lipinski definition) is 1. The van der Waals surface area contributed by atoms with Crippen LogP contribution in [0.2, 0.25) is 0 Å². The molecule has 1 saturated carbocycles. The van der Waals surface area contributed by atoms with Gasteiger partial charge in [0.25, 0.3) is 0 Å². The van der Waals surface area contributed by atoms with Gasteiger partial charge < -0.3 is 5.32 Å². The smallest absolute Gasteiger partial charge is 0.0537 e. The van der Waals surface area contributed by atoms with Crippen LogP contribution in [0.5, 0.6) is 0 Å². The molecule has 0 bridgehead atoms. The third-order valence-electron chi connectivity index (χ3n) is 3.91. The quantitative estimate of drug-likeness (QED) is 0.890. The van der Waals surface area contributed by atoms with E-state index in [9.17, 15) is 0 Å². The molecule has 94 valence electrons. The Kier molecular flexibility index (Phi) is 2.92. The van der Waals surface area contributed by atoms with Gasteiger partial charge in [0.15, 0.2) is 0 Å². The second kappa shape index (κ2) is 4.58. The number of nitrogens with zero attached hydrogens (tertiary/aromatic N) is 2. The normalized spacial score (nSPS) is 22.1. The molecule has 2 unspecified atom stereocenters. The van der Waals surface area contributed by atoms with E-state index < -0.39 is 0 Å². The van der Waals surface area contributed by atoms with Crippen molar-refractivity contribution in [2.75, 3.05) is 0 Å². The first-order chi connectivity index (χ1) is 8.75. The minimum absolute atomic E-state index is 0.631. The summed E-state index contributed by atoms with van der Waals surface area (Å²) in [6.07, 6.45) is 3.21. The number of aryl methyl sites for hydroxylation is 1. The molecule has 1 N–H and O–H groups in total. The van der Waals surface area contributed by atoms with Crippen molar-refractivity contribution >= 4 is 0 Å². The van der Waals surface area contributed by atoms with Gasteiger partial charge in [-0.2, -0.15) is 5.10 Å². The number of nitrogens with one attached hydrogen (secondary N) is 1. The third kappa shape index (κ3) is 2.18. The molecule has 3 heteroatoms. The van der Waals surface area contributed by atoms with Crippen LogP contribution in [-0.4, -0.2) is 15.8 Å². The van der Waals surface area contributed by atoms with Gasteiger partial charge in [-0.25, -0.2) is 0 Å². The summed E-state index contributed by atoms with van der Waals surface area (Å²) < 4.78 is 1.93. The molecule has 1 aromatic heterocycles. The number of aromatic nitrogens is 2. The van der Waals surface area contributed by atoms with Crippen molar-refractivity contribution in [1.29, 1.82) is 0 Å². The predicted octanol–water partition coefficient (Wildman–Crippen LogP) is 2.37. The monoisotopic (exact) mass is 241 g/mol. The van der Waals surface area contributed by atoms with Crippen LogP contribution in [0.4, 0.5) is 0 Å². The van der Waals surface area contributed by atoms with Crippen LogP contribution in [0.1, 0.15) is 29.2 Å². The summed E-state index contributed by atoms with van der Waals surface area (Å²) in [5.74, 6) is 0.697. The minimum atomic E-state index is 0.631. The van der Waals surface area contributed by atoms with Crippen LogP contribution in [0.15, 0.2) is 36.5 Å². The molecule has 0 radical (unpaired) electrons. The summed E-state index contributed by atoms with van der Waals surface area (Å²) in [6.45, 7) is 3.04. The van der Waals surface area contributed by atoms with Crippen LogP contribution >= 0.6 is 0 Å². The standard InChI is InChI=1S/C15H19N3/c1-11-13(10-17-18(11)2)9-16-15-8-14(15)12-6-4-3-5-7-12/h3-7,10,14-16H,8-9H2,1-2H3. The summed E-state index contributed by atoms with van der Waals surface area (Å²) in [5, 5.41) is 7.89. The average molecular weight is 241 g/mol. The summed E-state index contributed by atoms with van der Waals surface area (Å²) >= 11 is 0. The van der Waals surface area contributed by atoms with Gasteiger partial charge in [-0.3, -0.25) is 4.68 Å². The highest BCUT2D eigenvalue weighted by atomic mass is 15.3. The maximum atomic E-state index is 4.27. The highest BCUT2D eigenvalue weighted by Gasteiger charge is 2.37. The van der Waals surface area contributed by atoms with Crippen molar-refractivity contribution in [2.24, 2.45) is 7.05 Å². The SMILES string of the molecule is Cc1c(CNC2CC2c2ccccc2)cnn1C. The van der Waals surface area contributed by atoms with Crippen molar-refractivity contribution < 1.29 is 0 Å². The topological polar surface area (TPSA) is 29.9 Å². The Bertz CT molecular complexity index is 530. The molecule has 0 aliphatic heterocycles. The molecule has 1 aromatic carbocycles. The van der Waals surface area contributed by atoms with Gasteiger partial charge in [0.2, 0.25) is 0 Å². The lowest BCUT2D eigenvalue weighted by Crippen LogP contribution is -2.17. The highest BCUT2D eigenvalue weighted by molar-refractivity contribution is 5.28. The molecule has 0 amide bonds. The molecular formula is C15H19N3. The zero-order valence-corrected chi connectivity index (χ0v) is 10.9. The molecule has 2 aromatic rings. The van der Waals surface area contributed by atoms with Gasteiger partial charge in [0.1, 0.15) is 0 Å². The molecule has 1 aliphatic rings. The van der Waals surface area contributed by atoms with E-state index in [2.05, 4.69) is 47.7 Å². The van der Waals surface area contributed by atoms with Gasteiger partial charge in [0, 0.05) is 36.8 Å². The molecule has 3 nitrogen and oxygen atoms in total. The van der Waals surface area contributed by atoms with Crippen LogP contribution in [0, 0.1) is 6.92 Å². The van der Waals surface area contributed by atoms with Gasteiger partial charge in [-0.15, -0.1) is 0 Å². The molecular weight excluding hydrogens is 222 g/mol. The third-order valence-corrected chi connectivity index (χ3v) is 3.91. The first-order valence-electron chi connectivity index (χ1n) is 6.51. The van der Waals surface area contributed by atoms with Gasteiger partial charge in [-0.05, 0) is 18.9 Å². The average Bonchev–Trinajstić information content (AvgIpc) is 3.12. The molecule has 3 rings (SSSR count). The van der Waals surface area contributed by atoms with Crippen molar-refractivity contribution in [2.45, 2.75) is 31.8 Å². The van der Waals surface area contributed by atoms with Gasteiger partial charge >= 0.3 is 0 Å². The van der Waals surface area contributed by atoms with E-state index in [1.54, 1.807) is 0 Å². The Morgan fingerprint density at radius 3 is 2.78 bits per heavy atom. The van der Waals surface area contributed by atoms with E-state index in [0.29, 0.717) is 12.0 Å². The van der Waals surface area contributed by atoms with Crippen molar-refractivity contribution in [1.82, 2.24) is 15.1 Å². The van der Waals surface area contributed by atoms with Crippen molar-refractivity contribution in [3.05, 3.63) is 53.3 Å². The van der Waals surface area contributed by atoms with E-state index in [1.165, 1.54) is 23.2 Å². The summed E-state index contributed by atoms with van der Waals surface area (Å²) in [7, 11) is 1.99. The Morgan fingerprint density at radius 1 is 1.33 bits per heavy atom. The molecule has 1 heterocycles. The first kappa shape index (κ1) is 11.5. The Balaban J connectivity index is 1.56. The Labute approximate surface area is 108 Å². The number of hydrogen-bond acceptors (Lipinski definition) is 2. The highest BCUT2D eigenvalue weighted by Crippen LogP contribution is 2.40. The Hall–Kier alpha value is -1.61. The fraction of sp³-hybridized carbons (Fsp3) is 0.400. The maximum absolute atomic E-state index is 4.27. The van der Waals surface area contributed by atoms with Crippen LogP contribution in [-0.2, 0) is 13.6 Å². The predicted molar refractivity (Wildman–Crippen MR) is 72.4 cm³/mol. The molecule has 1 aliphatic carbocycles. The van der Waals surface area contributed by atoms with Crippen molar-refractivity contribution in [3.63, 3.8) is 0 Å². The fourth-order valence-electron chi connectivity index (χ4n) is 2.45. The van der Waals surface area contributed by atoms with E-state index >= 15 is 0 Å². The number of rotatable bonds is 4. The number of benzene rings is 1. The Morgan fingerprint density at radius 2 is 2.11 bits per heavy atom. The van der Waals surface area contributed by atoms with E-state index in [4.69, 9.17) is 0 Å². The van der Waals surface area contributed by atoms with E-state index in [1.807, 2.05) is 17.9 Å². The minimum Gasteiger partial charge on any atom is -0.309 e. The van der Waals surface area contributed by atoms with Gasteiger partial charge in [0.05, 0.1) is 6.20 Å². The summed E-state index contributed by atoms with van der Waals surface area (Å²) in [4.78, 5) is 0. The zero-order chi connectivity index (χ0) is 12.5. The van der Waals surface area contributed by atoms with Crippen LogP contribution < -0.4 is 5.32 Å². The molecule has 2 atom stereocenters. The van der Waals surface area contributed by atoms with Crippen LogP contribution in [0.3, 0.4) is 0 Å². The molecule has 0 saturated heterocycles. The lowest BCUT2D eigenvalue weighted by Gasteiger charge is -2.04. The fourth-order valence-corrected chi connectivity index (χ4v) is 2.45. The van der Waals surface area contributed by atoms with E-state index in [0.717, 1.165) is 6.54 Å². The van der Waals surface area contributed by atoms with Crippen LogP contribution in [0.25, 0.3) is 0 Å². The summed E-state index contributed by atoms with van der Waals surface area (Å²) in [6, 6.07) is 11.4. The first-order valence-corrected chi connectivity index (χ1v) is 6.51. The lowest BCUT2D eigenvalue weighted by molar-refractivity contribution is 0.666.